The van der Waals surface area contributed by atoms with Crippen molar-refractivity contribution >= 4 is 41.5 Å². The number of alkyl halides is 6. The van der Waals surface area contributed by atoms with Crippen LogP contribution >= 0.6 is 22.7 Å². The highest BCUT2D eigenvalue weighted by Gasteiger charge is 2.44. The molecule has 14 heteroatoms. The Hall–Kier alpha value is -2.22. The summed E-state index contributed by atoms with van der Waals surface area (Å²) in [7, 11) is 0. The lowest BCUT2D eigenvalue weighted by Gasteiger charge is -2.30. The Morgan fingerprint density at radius 2 is 0.861 bits per heavy atom. The topological polar surface area (TPSA) is 78.1 Å². The summed E-state index contributed by atoms with van der Waals surface area (Å²) < 4.78 is 80.7. The summed E-state index contributed by atoms with van der Waals surface area (Å²) in [6, 6.07) is -1.90. The molecular weight excluding hydrogens is 534 g/mol. The van der Waals surface area contributed by atoms with Gasteiger partial charge in [-0.15, -0.1) is 22.7 Å². The molecule has 0 spiro atoms. The maximum absolute atomic E-state index is 13.3. The van der Waals surface area contributed by atoms with Crippen LogP contribution < -0.4 is 22.2 Å². The van der Waals surface area contributed by atoms with Crippen LogP contribution in [0.4, 0.5) is 26.3 Å². The second-order valence-corrected chi connectivity index (χ2v) is 11.6. The maximum Gasteiger partial charge on any atom is 0.391 e. The molecule has 0 bridgehead atoms. The Balaban J connectivity index is 1.60. The van der Waals surface area contributed by atoms with Crippen LogP contribution in [-0.2, 0) is 0 Å². The molecule has 3 aromatic rings. The minimum Gasteiger partial charge on any atom is -0.270 e. The zero-order valence-electron chi connectivity index (χ0n) is 18.6. The van der Waals surface area contributed by atoms with Gasteiger partial charge in [0.2, 0.25) is 0 Å². The van der Waals surface area contributed by atoms with Crippen molar-refractivity contribution in [2.24, 2.45) is 11.8 Å². The second kappa shape index (κ2) is 8.67. The van der Waals surface area contributed by atoms with Crippen LogP contribution in [0.3, 0.4) is 0 Å². The average Bonchev–Trinajstić information content (AvgIpc) is 3.21. The summed E-state index contributed by atoms with van der Waals surface area (Å²) in [5.41, 5.74) is -3.22. The van der Waals surface area contributed by atoms with Gasteiger partial charge in [-0.1, -0.05) is 12.8 Å². The molecular formula is C22H20F6N2O4S2. The third kappa shape index (κ3) is 4.09. The highest BCUT2D eigenvalue weighted by atomic mass is 32.1. The fraction of sp³-hybridized carbons (Fsp3) is 0.636. The van der Waals surface area contributed by atoms with Crippen molar-refractivity contribution in [3.05, 3.63) is 41.4 Å². The second-order valence-electron chi connectivity index (χ2n) is 9.60. The number of rotatable bonds is 2. The van der Waals surface area contributed by atoms with Crippen LogP contribution in [0.5, 0.6) is 0 Å². The smallest absolute Gasteiger partial charge is 0.270 e. The van der Waals surface area contributed by atoms with E-state index in [0.717, 1.165) is 9.13 Å². The van der Waals surface area contributed by atoms with Gasteiger partial charge >= 0.3 is 12.4 Å². The van der Waals surface area contributed by atoms with Gasteiger partial charge in [-0.25, -0.2) is 0 Å². The Bertz CT molecular complexity index is 1360. The monoisotopic (exact) mass is 554 g/mol. The van der Waals surface area contributed by atoms with Crippen molar-refractivity contribution in [1.29, 1.82) is 0 Å². The molecule has 4 unspecified atom stereocenters. The van der Waals surface area contributed by atoms with Crippen LogP contribution in [-0.4, -0.2) is 21.5 Å². The highest BCUT2D eigenvalue weighted by molar-refractivity contribution is 7.36. The quantitative estimate of drug-likeness (QED) is 0.409. The Morgan fingerprint density at radius 3 is 1.14 bits per heavy atom. The Labute approximate surface area is 206 Å². The van der Waals surface area contributed by atoms with Gasteiger partial charge in [-0.2, -0.15) is 26.3 Å². The van der Waals surface area contributed by atoms with E-state index in [-0.39, 0.29) is 57.3 Å². The molecule has 4 atom stereocenters. The molecule has 2 aliphatic rings. The van der Waals surface area contributed by atoms with E-state index >= 15 is 0 Å². The minimum absolute atomic E-state index is 0.0854. The first kappa shape index (κ1) is 25.4. The summed E-state index contributed by atoms with van der Waals surface area (Å²) in [5.74, 6) is -3.27. The standard InChI is InChI=1S/C22H20F6N2O4S2/c23-21(24,25)9-3-1-5-11(7-9)29-17(31)13-14(18(29)32)36-16-15(35-13)19(33)30(20(16)34)12-6-2-4-10(8-12)22(26,27)28/h9-12H,1-8H2. The van der Waals surface area contributed by atoms with Gasteiger partial charge in [-0.3, -0.25) is 28.3 Å². The van der Waals surface area contributed by atoms with E-state index < -0.39 is 71.4 Å². The number of aromatic nitrogens is 2. The van der Waals surface area contributed by atoms with Crippen LogP contribution in [0.15, 0.2) is 19.2 Å². The molecule has 2 fully saturated rings. The molecule has 0 saturated heterocycles. The first-order chi connectivity index (χ1) is 16.8. The lowest BCUT2D eigenvalue weighted by molar-refractivity contribution is -0.185. The third-order valence-electron chi connectivity index (χ3n) is 7.42. The van der Waals surface area contributed by atoms with Gasteiger partial charge in [0.05, 0.1) is 11.8 Å². The molecule has 0 aromatic carbocycles. The van der Waals surface area contributed by atoms with Crippen molar-refractivity contribution in [3.63, 3.8) is 0 Å². The van der Waals surface area contributed by atoms with E-state index in [9.17, 15) is 45.5 Å². The lowest BCUT2D eigenvalue weighted by atomic mass is 9.85. The van der Waals surface area contributed by atoms with Gasteiger partial charge in [0.1, 0.15) is 18.8 Å². The Morgan fingerprint density at radius 1 is 0.556 bits per heavy atom. The molecule has 6 nitrogen and oxygen atoms in total. The predicted octanol–water partition coefficient (Wildman–Crippen LogP) is 5.18. The maximum atomic E-state index is 13.3. The number of hydrogen-bond donors (Lipinski definition) is 0. The molecule has 0 amide bonds. The first-order valence-corrected chi connectivity index (χ1v) is 13.2. The summed E-state index contributed by atoms with van der Waals surface area (Å²) in [4.78, 5) is 52.4. The fourth-order valence-electron chi connectivity index (χ4n) is 5.63. The number of nitrogens with zero attached hydrogens (tertiary/aromatic N) is 2. The summed E-state index contributed by atoms with van der Waals surface area (Å²) in [6.07, 6.45) is -9.05. The van der Waals surface area contributed by atoms with Crippen molar-refractivity contribution < 1.29 is 26.3 Å². The van der Waals surface area contributed by atoms with Crippen molar-refractivity contribution in [2.75, 3.05) is 0 Å². The molecule has 5 rings (SSSR count). The predicted molar refractivity (Wildman–Crippen MR) is 124 cm³/mol. The van der Waals surface area contributed by atoms with Gasteiger partial charge in [0.25, 0.3) is 22.2 Å². The van der Waals surface area contributed by atoms with Crippen molar-refractivity contribution in [1.82, 2.24) is 9.13 Å². The molecule has 0 N–H and O–H groups in total. The number of halogens is 6. The molecule has 3 heterocycles. The van der Waals surface area contributed by atoms with Gasteiger partial charge in [0.15, 0.2) is 0 Å². The van der Waals surface area contributed by atoms with Crippen molar-refractivity contribution in [3.8, 4) is 0 Å². The summed E-state index contributed by atoms with van der Waals surface area (Å²) in [5, 5.41) is 0. The first-order valence-electron chi connectivity index (χ1n) is 11.5. The number of fused-ring (bicyclic) bond motifs is 2. The average molecular weight is 555 g/mol. The molecule has 3 aromatic heterocycles. The fourth-order valence-corrected chi connectivity index (χ4v) is 8.00. The molecule has 0 aliphatic heterocycles. The Kier molecular flexibility index (Phi) is 6.13. The van der Waals surface area contributed by atoms with Crippen LogP contribution in [0, 0.1) is 11.8 Å². The highest BCUT2D eigenvalue weighted by Crippen LogP contribution is 2.43. The summed E-state index contributed by atoms with van der Waals surface area (Å²) >= 11 is 1.23. The SMILES string of the molecule is O=c1c2sc3c(=O)n(C4CCCC(C(F)(F)F)C4)c(=O)c3sc2c(=O)n1C1CCCC(C(F)(F)F)C1. The van der Waals surface area contributed by atoms with Gasteiger partial charge in [-0.05, 0) is 38.5 Å². The largest absolute Gasteiger partial charge is 0.391 e. The van der Waals surface area contributed by atoms with Gasteiger partial charge < -0.3 is 0 Å². The third-order valence-corrected chi connectivity index (χ3v) is 10.0. The number of hydrogen-bond acceptors (Lipinski definition) is 6. The molecule has 2 aliphatic carbocycles. The normalized spacial score (nSPS) is 26.2. The van der Waals surface area contributed by atoms with E-state index in [1.54, 1.807) is 0 Å². The summed E-state index contributed by atoms with van der Waals surface area (Å²) in [6.45, 7) is 0. The van der Waals surface area contributed by atoms with Crippen LogP contribution in [0.1, 0.15) is 63.5 Å². The van der Waals surface area contributed by atoms with Crippen LogP contribution in [0.2, 0.25) is 0 Å². The van der Waals surface area contributed by atoms with E-state index in [0.29, 0.717) is 22.7 Å². The van der Waals surface area contributed by atoms with E-state index in [4.69, 9.17) is 0 Å². The van der Waals surface area contributed by atoms with E-state index in [2.05, 4.69) is 0 Å². The zero-order chi connectivity index (χ0) is 26.2. The van der Waals surface area contributed by atoms with E-state index in [1.807, 2.05) is 0 Å². The molecule has 2 saturated carbocycles. The molecule has 0 radical (unpaired) electrons. The molecule has 36 heavy (non-hydrogen) atoms. The van der Waals surface area contributed by atoms with Crippen molar-refractivity contribution in [2.45, 2.75) is 75.8 Å². The minimum atomic E-state index is -4.45. The van der Waals surface area contributed by atoms with Crippen LogP contribution in [0.25, 0.3) is 18.8 Å². The van der Waals surface area contributed by atoms with Gasteiger partial charge in [0, 0.05) is 12.1 Å². The van der Waals surface area contributed by atoms with E-state index in [1.165, 1.54) is 0 Å². The zero-order valence-corrected chi connectivity index (χ0v) is 20.2. The lowest BCUT2D eigenvalue weighted by Crippen LogP contribution is -2.36. The molecule has 196 valence electrons.